The molecule has 3 nitrogen and oxygen atoms in total. The molecule has 1 N–H and O–H groups in total. The van der Waals surface area contributed by atoms with Crippen molar-refractivity contribution < 1.29 is 9.90 Å². The summed E-state index contributed by atoms with van der Waals surface area (Å²) in [4.78, 5) is 14.8. The molecule has 0 fully saturated rings. The summed E-state index contributed by atoms with van der Waals surface area (Å²) in [6, 6.07) is -0.612. The van der Waals surface area contributed by atoms with Gasteiger partial charge in [-0.05, 0) is 11.3 Å². The van der Waals surface area contributed by atoms with Gasteiger partial charge < -0.3 is 5.11 Å². The van der Waals surface area contributed by atoms with E-state index in [1.165, 1.54) is 0 Å². The van der Waals surface area contributed by atoms with E-state index in [9.17, 15) is 4.79 Å². The van der Waals surface area contributed by atoms with Gasteiger partial charge in [-0.25, -0.2) is 4.79 Å². The molecule has 0 saturated carbocycles. The molecule has 0 bridgehead atoms. The van der Waals surface area contributed by atoms with E-state index in [1.54, 1.807) is 6.21 Å². The second-order valence-electron chi connectivity index (χ2n) is 4.67. The van der Waals surface area contributed by atoms with Gasteiger partial charge >= 0.3 is 5.97 Å². The number of carboxylic acid groups (broad SMARTS) is 1. The highest BCUT2D eigenvalue weighted by molar-refractivity contribution is 5.77. The van der Waals surface area contributed by atoms with Gasteiger partial charge in [0, 0.05) is 6.21 Å². The van der Waals surface area contributed by atoms with Crippen molar-refractivity contribution in [3.63, 3.8) is 0 Å². The predicted octanol–water partition coefficient (Wildman–Crippen LogP) is 2.21. The quantitative estimate of drug-likeness (QED) is 0.685. The minimum absolute atomic E-state index is 0.0381. The summed E-state index contributed by atoms with van der Waals surface area (Å²) in [6.07, 6.45) is 1.71. The lowest BCUT2D eigenvalue weighted by atomic mass is 9.98. The van der Waals surface area contributed by atoms with E-state index >= 15 is 0 Å². The SMILES string of the molecule is CC(C)[C@H](N=CC(C)(C)C)C(=O)O. The summed E-state index contributed by atoms with van der Waals surface area (Å²) < 4.78 is 0. The Morgan fingerprint density at radius 1 is 1.38 bits per heavy atom. The lowest BCUT2D eigenvalue weighted by Crippen LogP contribution is -2.25. The van der Waals surface area contributed by atoms with Crippen molar-refractivity contribution in [2.75, 3.05) is 0 Å². The fourth-order valence-electron chi connectivity index (χ4n) is 0.825. The summed E-state index contributed by atoms with van der Waals surface area (Å²) in [6.45, 7) is 9.71. The molecule has 76 valence electrons. The first-order valence-corrected chi connectivity index (χ1v) is 4.51. The van der Waals surface area contributed by atoms with Crippen molar-refractivity contribution in [3.8, 4) is 0 Å². The van der Waals surface area contributed by atoms with Gasteiger partial charge in [-0.1, -0.05) is 34.6 Å². The summed E-state index contributed by atoms with van der Waals surface area (Å²) in [5.74, 6) is -0.813. The molecule has 0 aromatic rings. The van der Waals surface area contributed by atoms with Crippen molar-refractivity contribution in [1.82, 2.24) is 0 Å². The molecule has 0 radical (unpaired) electrons. The standard InChI is InChI=1S/C10H19NO2/c1-7(2)8(9(12)13)11-6-10(3,4)5/h6-8H,1-5H3,(H,12,13)/t8-/m0/s1. The molecule has 0 aliphatic carbocycles. The minimum Gasteiger partial charge on any atom is -0.480 e. The van der Waals surface area contributed by atoms with E-state index in [4.69, 9.17) is 5.11 Å². The summed E-state index contributed by atoms with van der Waals surface area (Å²) in [7, 11) is 0. The number of rotatable bonds is 3. The number of aliphatic imine (C=N–C) groups is 1. The van der Waals surface area contributed by atoms with Gasteiger partial charge in [-0.3, -0.25) is 4.99 Å². The molecule has 3 heteroatoms. The van der Waals surface area contributed by atoms with E-state index in [0.29, 0.717) is 0 Å². The minimum atomic E-state index is -0.851. The van der Waals surface area contributed by atoms with Gasteiger partial charge in [0.1, 0.15) is 6.04 Å². The molecule has 0 aliphatic rings. The largest absolute Gasteiger partial charge is 0.480 e. The average Bonchev–Trinajstić information content (AvgIpc) is 1.82. The van der Waals surface area contributed by atoms with Crippen molar-refractivity contribution in [3.05, 3.63) is 0 Å². The second kappa shape index (κ2) is 4.40. The molecule has 0 unspecified atom stereocenters. The van der Waals surface area contributed by atoms with Crippen LogP contribution in [0.25, 0.3) is 0 Å². The van der Waals surface area contributed by atoms with Crippen LogP contribution in [0.15, 0.2) is 4.99 Å². The van der Waals surface area contributed by atoms with Crippen LogP contribution in [-0.2, 0) is 4.79 Å². The number of carboxylic acids is 1. The smallest absolute Gasteiger partial charge is 0.328 e. The second-order valence-corrected chi connectivity index (χ2v) is 4.67. The first-order chi connectivity index (χ1) is 5.74. The van der Waals surface area contributed by atoms with Gasteiger partial charge in [0.05, 0.1) is 0 Å². The first kappa shape index (κ1) is 12.1. The predicted molar refractivity (Wildman–Crippen MR) is 54.2 cm³/mol. The van der Waals surface area contributed by atoms with E-state index in [-0.39, 0.29) is 11.3 Å². The molecule has 1 atom stereocenters. The Balaban J connectivity index is 4.44. The Morgan fingerprint density at radius 3 is 2.08 bits per heavy atom. The molecule has 0 saturated heterocycles. The number of nitrogens with zero attached hydrogens (tertiary/aromatic N) is 1. The van der Waals surface area contributed by atoms with Crippen molar-refractivity contribution >= 4 is 12.2 Å². The third-order valence-electron chi connectivity index (χ3n) is 1.51. The molecular formula is C10H19NO2. The van der Waals surface area contributed by atoms with E-state index in [0.717, 1.165) is 0 Å². The van der Waals surface area contributed by atoms with Crippen molar-refractivity contribution in [2.24, 2.45) is 16.3 Å². The van der Waals surface area contributed by atoms with Crippen molar-refractivity contribution in [2.45, 2.75) is 40.7 Å². The average molecular weight is 185 g/mol. The number of aliphatic carboxylic acids is 1. The maximum absolute atomic E-state index is 10.7. The fourth-order valence-corrected chi connectivity index (χ4v) is 0.825. The third kappa shape index (κ3) is 5.39. The van der Waals surface area contributed by atoms with Crippen LogP contribution in [-0.4, -0.2) is 23.3 Å². The maximum Gasteiger partial charge on any atom is 0.328 e. The Hall–Kier alpha value is -0.860. The number of carbonyl (C=O) groups is 1. The molecule has 0 aromatic carbocycles. The van der Waals surface area contributed by atoms with E-state index in [1.807, 2.05) is 34.6 Å². The Labute approximate surface area is 79.9 Å². The van der Waals surface area contributed by atoms with Crippen LogP contribution in [0, 0.1) is 11.3 Å². The molecule has 13 heavy (non-hydrogen) atoms. The van der Waals surface area contributed by atoms with E-state index < -0.39 is 12.0 Å². The number of hydrogen-bond acceptors (Lipinski definition) is 2. The molecule has 0 amide bonds. The summed E-state index contributed by atoms with van der Waals surface area (Å²) in [5, 5.41) is 8.83. The van der Waals surface area contributed by atoms with E-state index in [2.05, 4.69) is 4.99 Å². The Morgan fingerprint density at radius 2 is 1.85 bits per heavy atom. The highest BCUT2D eigenvalue weighted by Crippen LogP contribution is 2.12. The topological polar surface area (TPSA) is 49.7 Å². The molecule has 0 heterocycles. The summed E-state index contributed by atoms with van der Waals surface area (Å²) in [5.41, 5.74) is -0.0530. The summed E-state index contributed by atoms with van der Waals surface area (Å²) >= 11 is 0. The Kier molecular flexibility index (Phi) is 4.11. The molecular weight excluding hydrogens is 166 g/mol. The highest BCUT2D eigenvalue weighted by Gasteiger charge is 2.20. The van der Waals surface area contributed by atoms with Crippen LogP contribution < -0.4 is 0 Å². The van der Waals surface area contributed by atoms with Crippen LogP contribution in [0.5, 0.6) is 0 Å². The molecule has 0 rings (SSSR count). The van der Waals surface area contributed by atoms with Crippen LogP contribution in [0.2, 0.25) is 0 Å². The maximum atomic E-state index is 10.7. The van der Waals surface area contributed by atoms with Gasteiger partial charge in [-0.15, -0.1) is 0 Å². The van der Waals surface area contributed by atoms with Crippen LogP contribution >= 0.6 is 0 Å². The molecule has 0 aliphatic heterocycles. The zero-order chi connectivity index (χ0) is 10.6. The van der Waals surface area contributed by atoms with Crippen molar-refractivity contribution in [1.29, 1.82) is 0 Å². The zero-order valence-corrected chi connectivity index (χ0v) is 9.03. The van der Waals surface area contributed by atoms with Gasteiger partial charge in [0.2, 0.25) is 0 Å². The first-order valence-electron chi connectivity index (χ1n) is 4.51. The monoisotopic (exact) mass is 185 g/mol. The van der Waals surface area contributed by atoms with Gasteiger partial charge in [-0.2, -0.15) is 0 Å². The lowest BCUT2D eigenvalue weighted by molar-refractivity contribution is -0.139. The molecule has 0 spiro atoms. The fraction of sp³-hybridized carbons (Fsp3) is 0.800. The van der Waals surface area contributed by atoms with Crippen LogP contribution in [0.3, 0.4) is 0 Å². The number of hydrogen-bond donors (Lipinski definition) is 1. The molecule has 0 aromatic heterocycles. The zero-order valence-electron chi connectivity index (χ0n) is 9.03. The third-order valence-corrected chi connectivity index (χ3v) is 1.51. The lowest BCUT2D eigenvalue weighted by Gasteiger charge is -2.15. The van der Waals surface area contributed by atoms with Crippen LogP contribution in [0.1, 0.15) is 34.6 Å². The van der Waals surface area contributed by atoms with Gasteiger partial charge in [0.25, 0.3) is 0 Å². The van der Waals surface area contributed by atoms with Crippen LogP contribution in [0.4, 0.5) is 0 Å². The van der Waals surface area contributed by atoms with Gasteiger partial charge in [0.15, 0.2) is 0 Å². The Bertz CT molecular complexity index is 201. The normalized spacial score (nSPS) is 15.2. The highest BCUT2D eigenvalue weighted by atomic mass is 16.4.